The standard InChI is InChI=1S/C19H21ClN2O4/c1-3-25-16-8-10-17(11-9-16)26-13-19(24)22(2)12-18(23)21-15-6-4-14(20)5-7-15/h4-11H,3,12-13H2,1-2H3,(H,21,23). The van der Waals surface area contributed by atoms with Crippen molar-refractivity contribution in [3.8, 4) is 11.5 Å². The van der Waals surface area contributed by atoms with E-state index in [1.54, 1.807) is 55.6 Å². The third-order valence-corrected chi connectivity index (χ3v) is 3.68. The highest BCUT2D eigenvalue weighted by Gasteiger charge is 2.14. The van der Waals surface area contributed by atoms with Gasteiger partial charge in [0.1, 0.15) is 11.5 Å². The van der Waals surface area contributed by atoms with Gasteiger partial charge in [-0.2, -0.15) is 0 Å². The molecule has 0 heterocycles. The maximum absolute atomic E-state index is 12.1. The number of benzene rings is 2. The van der Waals surface area contributed by atoms with E-state index in [9.17, 15) is 9.59 Å². The Morgan fingerprint density at radius 3 is 2.15 bits per heavy atom. The second kappa shape index (κ2) is 9.68. The fourth-order valence-electron chi connectivity index (χ4n) is 2.09. The van der Waals surface area contributed by atoms with Crippen LogP contribution >= 0.6 is 11.6 Å². The molecular weight excluding hydrogens is 356 g/mol. The van der Waals surface area contributed by atoms with Gasteiger partial charge in [-0.15, -0.1) is 0 Å². The molecule has 0 fully saturated rings. The zero-order chi connectivity index (χ0) is 18.9. The molecule has 0 atom stereocenters. The SMILES string of the molecule is CCOc1ccc(OCC(=O)N(C)CC(=O)Nc2ccc(Cl)cc2)cc1. The van der Waals surface area contributed by atoms with Crippen molar-refractivity contribution >= 4 is 29.1 Å². The number of ether oxygens (including phenoxy) is 2. The molecule has 0 bridgehead atoms. The van der Waals surface area contributed by atoms with Crippen LogP contribution in [0.3, 0.4) is 0 Å². The largest absolute Gasteiger partial charge is 0.494 e. The van der Waals surface area contributed by atoms with E-state index in [1.165, 1.54) is 4.90 Å². The Balaban J connectivity index is 1.77. The summed E-state index contributed by atoms with van der Waals surface area (Å²) >= 11 is 5.80. The Bertz CT molecular complexity index is 732. The number of amides is 2. The molecule has 0 unspecified atom stereocenters. The Labute approximate surface area is 157 Å². The van der Waals surface area contributed by atoms with E-state index >= 15 is 0 Å². The molecule has 0 saturated carbocycles. The van der Waals surface area contributed by atoms with Crippen molar-refractivity contribution in [3.63, 3.8) is 0 Å². The topological polar surface area (TPSA) is 67.9 Å². The molecule has 2 rings (SSSR count). The lowest BCUT2D eigenvalue weighted by atomic mass is 10.3. The Kier molecular flexibility index (Phi) is 7.29. The molecule has 2 amide bonds. The summed E-state index contributed by atoms with van der Waals surface area (Å²) in [5.41, 5.74) is 0.617. The zero-order valence-corrected chi connectivity index (χ0v) is 15.5. The van der Waals surface area contributed by atoms with Crippen LogP contribution < -0.4 is 14.8 Å². The number of hydrogen-bond donors (Lipinski definition) is 1. The second-order valence-corrected chi connectivity index (χ2v) is 5.93. The number of nitrogens with zero attached hydrogens (tertiary/aromatic N) is 1. The number of carbonyl (C=O) groups is 2. The smallest absolute Gasteiger partial charge is 0.260 e. The van der Waals surface area contributed by atoms with Gasteiger partial charge < -0.3 is 19.7 Å². The van der Waals surface area contributed by atoms with E-state index in [0.717, 1.165) is 5.75 Å². The van der Waals surface area contributed by atoms with E-state index in [4.69, 9.17) is 21.1 Å². The maximum atomic E-state index is 12.1. The summed E-state index contributed by atoms with van der Waals surface area (Å²) in [6, 6.07) is 13.7. The van der Waals surface area contributed by atoms with Crippen LogP contribution in [0.25, 0.3) is 0 Å². The van der Waals surface area contributed by atoms with Gasteiger partial charge in [0.15, 0.2) is 6.61 Å². The summed E-state index contributed by atoms with van der Waals surface area (Å²) in [6.45, 7) is 2.26. The summed E-state index contributed by atoms with van der Waals surface area (Å²) in [5.74, 6) is 0.692. The molecular formula is C19H21ClN2O4. The molecule has 0 radical (unpaired) electrons. The Morgan fingerprint density at radius 2 is 1.58 bits per heavy atom. The van der Waals surface area contributed by atoms with Crippen LogP contribution in [0.15, 0.2) is 48.5 Å². The molecule has 0 aliphatic carbocycles. The highest BCUT2D eigenvalue weighted by Crippen LogP contribution is 2.17. The highest BCUT2D eigenvalue weighted by atomic mass is 35.5. The van der Waals surface area contributed by atoms with Crippen molar-refractivity contribution in [2.75, 3.05) is 32.1 Å². The van der Waals surface area contributed by atoms with Crippen LogP contribution in [-0.2, 0) is 9.59 Å². The molecule has 0 spiro atoms. The number of halogens is 1. The summed E-state index contributed by atoms with van der Waals surface area (Å²) in [4.78, 5) is 25.4. The summed E-state index contributed by atoms with van der Waals surface area (Å²) in [6.07, 6.45) is 0. The van der Waals surface area contributed by atoms with E-state index in [1.807, 2.05) is 6.92 Å². The van der Waals surface area contributed by atoms with Crippen molar-refractivity contribution < 1.29 is 19.1 Å². The van der Waals surface area contributed by atoms with Gasteiger partial charge in [0.05, 0.1) is 13.2 Å². The molecule has 2 aromatic carbocycles. The van der Waals surface area contributed by atoms with Crippen molar-refractivity contribution in [3.05, 3.63) is 53.6 Å². The molecule has 2 aromatic rings. The predicted octanol–water partition coefficient (Wildman–Crippen LogP) is 3.21. The third kappa shape index (κ3) is 6.29. The molecule has 6 nitrogen and oxygen atoms in total. The van der Waals surface area contributed by atoms with Gasteiger partial charge in [-0.25, -0.2) is 0 Å². The fraction of sp³-hybridized carbons (Fsp3) is 0.263. The summed E-state index contributed by atoms with van der Waals surface area (Å²) in [5, 5.41) is 3.29. The molecule has 138 valence electrons. The monoisotopic (exact) mass is 376 g/mol. The van der Waals surface area contributed by atoms with Gasteiger partial charge in [0, 0.05) is 17.8 Å². The van der Waals surface area contributed by atoms with E-state index in [0.29, 0.717) is 23.1 Å². The molecule has 0 aliphatic heterocycles. The zero-order valence-electron chi connectivity index (χ0n) is 14.7. The van der Waals surface area contributed by atoms with E-state index < -0.39 is 0 Å². The van der Waals surface area contributed by atoms with Crippen LogP contribution in [0, 0.1) is 0 Å². The van der Waals surface area contributed by atoms with Crippen LogP contribution in [0.4, 0.5) is 5.69 Å². The van der Waals surface area contributed by atoms with Crippen molar-refractivity contribution in [1.82, 2.24) is 4.90 Å². The lowest BCUT2D eigenvalue weighted by Crippen LogP contribution is -2.37. The molecule has 1 N–H and O–H groups in total. The first-order valence-corrected chi connectivity index (χ1v) is 8.50. The Hall–Kier alpha value is -2.73. The van der Waals surface area contributed by atoms with E-state index in [2.05, 4.69) is 5.32 Å². The van der Waals surface area contributed by atoms with Gasteiger partial charge >= 0.3 is 0 Å². The second-order valence-electron chi connectivity index (χ2n) is 5.50. The van der Waals surface area contributed by atoms with Gasteiger partial charge in [-0.05, 0) is 55.5 Å². The lowest BCUT2D eigenvalue weighted by molar-refractivity contribution is -0.135. The first kappa shape index (κ1) is 19.6. The predicted molar refractivity (Wildman–Crippen MR) is 101 cm³/mol. The number of anilines is 1. The van der Waals surface area contributed by atoms with Crippen molar-refractivity contribution in [1.29, 1.82) is 0 Å². The van der Waals surface area contributed by atoms with Gasteiger partial charge in [-0.3, -0.25) is 9.59 Å². The van der Waals surface area contributed by atoms with Crippen LogP contribution in [0.5, 0.6) is 11.5 Å². The van der Waals surface area contributed by atoms with Gasteiger partial charge in [-0.1, -0.05) is 11.6 Å². The molecule has 7 heteroatoms. The average molecular weight is 377 g/mol. The van der Waals surface area contributed by atoms with Crippen molar-refractivity contribution in [2.24, 2.45) is 0 Å². The number of nitrogens with one attached hydrogen (secondary N) is 1. The number of carbonyl (C=O) groups excluding carboxylic acids is 2. The molecule has 0 aliphatic rings. The molecule has 0 aromatic heterocycles. The van der Waals surface area contributed by atoms with Gasteiger partial charge in [0.25, 0.3) is 5.91 Å². The number of likely N-dealkylation sites (N-methyl/N-ethyl adjacent to an activating group) is 1. The van der Waals surface area contributed by atoms with Crippen molar-refractivity contribution in [2.45, 2.75) is 6.92 Å². The normalized spacial score (nSPS) is 10.1. The van der Waals surface area contributed by atoms with Gasteiger partial charge in [0.2, 0.25) is 5.91 Å². The first-order valence-electron chi connectivity index (χ1n) is 8.13. The van der Waals surface area contributed by atoms with Crippen LogP contribution in [0.1, 0.15) is 6.92 Å². The quantitative estimate of drug-likeness (QED) is 0.768. The van der Waals surface area contributed by atoms with E-state index in [-0.39, 0.29) is 25.0 Å². The number of rotatable bonds is 8. The number of hydrogen-bond acceptors (Lipinski definition) is 4. The summed E-state index contributed by atoms with van der Waals surface area (Å²) < 4.78 is 10.8. The highest BCUT2D eigenvalue weighted by molar-refractivity contribution is 6.30. The lowest BCUT2D eigenvalue weighted by Gasteiger charge is -2.17. The third-order valence-electron chi connectivity index (χ3n) is 3.43. The van der Waals surface area contributed by atoms with Crippen LogP contribution in [-0.4, -0.2) is 43.5 Å². The van der Waals surface area contributed by atoms with Crippen LogP contribution in [0.2, 0.25) is 5.02 Å². The Morgan fingerprint density at radius 1 is 1.00 bits per heavy atom. The summed E-state index contributed by atoms with van der Waals surface area (Å²) in [7, 11) is 1.55. The maximum Gasteiger partial charge on any atom is 0.260 e. The fourth-order valence-corrected chi connectivity index (χ4v) is 2.22. The minimum absolute atomic E-state index is 0.0753. The molecule has 0 saturated heterocycles. The minimum Gasteiger partial charge on any atom is -0.494 e. The average Bonchev–Trinajstić information content (AvgIpc) is 2.63. The first-order chi connectivity index (χ1) is 12.5. The minimum atomic E-state index is -0.302. The molecule has 26 heavy (non-hydrogen) atoms.